The molecule has 10 heteroatoms. The molecule has 4 rings (SSSR count). The van der Waals surface area contributed by atoms with Crippen molar-refractivity contribution in [2.24, 2.45) is 7.05 Å². The summed E-state index contributed by atoms with van der Waals surface area (Å²) < 4.78 is 7.79. The van der Waals surface area contributed by atoms with E-state index in [9.17, 15) is 14.4 Å². The van der Waals surface area contributed by atoms with Gasteiger partial charge >= 0.3 is 5.97 Å². The second-order valence-electron chi connectivity index (χ2n) is 8.24. The molecule has 2 aromatic heterocycles. The number of ether oxygens (including phenoxy) is 1. The number of hydrogen-bond donors (Lipinski definition) is 1. The molecular weight excluding hydrogens is 448 g/mol. The van der Waals surface area contributed by atoms with Crippen LogP contribution in [0.2, 0.25) is 0 Å². The van der Waals surface area contributed by atoms with Crippen molar-refractivity contribution in [2.45, 2.75) is 26.4 Å². The van der Waals surface area contributed by atoms with Crippen molar-refractivity contribution in [1.82, 2.24) is 19.3 Å². The van der Waals surface area contributed by atoms with Gasteiger partial charge in [-0.3, -0.25) is 23.6 Å². The van der Waals surface area contributed by atoms with Gasteiger partial charge in [0.2, 0.25) is 0 Å². The Balaban J connectivity index is 1.38. The minimum Gasteiger partial charge on any atom is -0.454 e. The molecule has 1 N–H and O–H groups in total. The van der Waals surface area contributed by atoms with Crippen LogP contribution < -0.4 is 15.8 Å². The molecule has 0 radical (unpaired) electrons. The number of amides is 1. The predicted molar refractivity (Wildman–Crippen MR) is 133 cm³/mol. The first-order valence-electron chi connectivity index (χ1n) is 11.1. The number of aromatic nitrogens is 4. The lowest BCUT2D eigenvalue weighted by atomic mass is 10.2. The number of anilines is 3. The number of carbonyl (C=O) groups excluding carboxylic acids is 2. The lowest BCUT2D eigenvalue weighted by Crippen LogP contribution is -2.40. The number of benzene rings is 2. The SMILES string of the molecule is CC(C)N(C(=O)COC(=O)Cn1cnc2c(cnn2C)c1=O)c1ccc(Nc2ccccc2)cc1. The van der Waals surface area contributed by atoms with Crippen LogP contribution in [0.1, 0.15) is 13.8 Å². The van der Waals surface area contributed by atoms with E-state index in [1.807, 2.05) is 68.4 Å². The van der Waals surface area contributed by atoms with Crippen LogP contribution in [-0.2, 0) is 27.9 Å². The van der Waals surface area contributed by atoms with Crippen LogP contribution in [0.4, 0.5) is 17.1 Å². The quantitative estimate of drug-likeness (QED) is 0.391. The second kappa shape index (κ2) is 10.2. The molecule has 0 aliphatic rings. The van der Waals surface area contributed by atoms with Gasteiger partial charge in [-0.05, 0) is 50.2 Å². The third-order valence-electron chi connectivity index (χ3n) is 5.37. The molecule has 0 aliphatic carbocycles. The van der Waals surface area contributed by atoms with Crippen LogP contribution in [0.25, 0.3) is 11.0 Å². The van der Waals surface area contributed by atoms with E-state index in [0.717, 1.165) is 15.9 Å². The van der Waals surface area contributed by atoms with Crippen LogP contribution in [0, 0.1) is 0 Å². The van der Waals surface area contributed by atoms with E-state index in [1.165, 1.54) is 17.2 Å². The Morgan fingerprint density at radius 2 is 1.74 bits per heavy atom. The van der Waals surface area contributed by atoms with Crippen molar-refractivity contribution in [1.29, 1.82) is 0 Å². The molecule has 35 heavy (non-hydrogen) atoms. The Hall–Kier alpha value is -4.47. The van der Waals surface area contributed by atoms with E-state index in [0.29, 0.717) is 16.7 Å². The fourth-order valence-electron chi connectivity index (χ4n) is 3.70. The van der Waals surface area contributed by atoms with Gasteiger partial charge in [0.25, 0.3) is 11.5 Å². The fourth-order valence-corrected chi connectivity index (χ4v) is 3.70. The van der Waals surface area contributed by atoms with Crippen LogP contribution in [-0.4, -0.2) is 43.9 Å². The van der Waals surface area contributed by atoms with Gasteiger partial charge in [0, 0.05) is 30.2 Å². The summed E-state index contributed by atoms with van der Waals surface area (Å²) in [6, 6.07) is 17.0. The Bertz CT molecular complexity index is 1390. The minimum absolute atomic E-state index is 0.158. The van der Waals surface area contributed by atoms with Crippen molar-refractivity contribution < 1.29 is 14.3 Å². The molecule has 0 bridgehead atoms. The fraction of sp³-hybridized carbons (Fsp3) is 0.240. The molecule has 2 aromatic carbocycles. The van der Waals surface area contributed by atoms with Gasteiger partial charge in [-0.1, -0.05) is 18.2 Å². The highest BCUT2D eigenvalue weighted by Crippen LogP contribution is 2.23. The number of nitrogens with one attached hydrogen (secondary N) is 1. The number of para-hydroxylation sites is 1. The Morgan fingerprint density at radius 1 is 1.06 bits per heavy atom. The van der Waals surface area contributed by atoms with Crippen molar-refractivity contribution in [2.75, 3.05) is 16.8 Å². The zero-order chi connectivity index (χ0) is 24.9. The highest BCUT2D eigenvalue weighted by atomic mass is 16.5. The predicted octanol–water partition coefficient (Wildman–Crippen LogP) is 2.86. The van der Waals surface area contributed by atoms with Crippen LogP contribution in [0.3, 0.4) is 0 Å². The molecule has 0 atom stereocenters. The molecule has 0 saturated carbocycles. The van der Waals surface area contributed by atoms with Crippen molar-refractivity contribution in [3.8, 4) is 0 Å². The van der Waals surface area contributed by atoms with E-state index < -0.39 is 18.1 Å². The molecule has 0 saturated heterocycles. The standard InChI is InChI=1S/C25H26N6O4/c1-17(2)31(20-11-9-19(10-12-20)28-18-7-5-4-6-8-18)22(32)15-35-23(33)14-30-16-26-24-21(25(30)34)13-27-29(24)3/h4-13,16-17,28H,14-15H2,1-3H3. The minimum atomic E-state index is -0.711. The maximum atomic E-state index is 12.9. The van der Waals surface area contributed by atoms with Gasteiger partial charge < -0.3 is 15.0 Å². The Labute approximate surface area is 201 Å². The summed E-state index contributed by atoms with van der Waals surface area (Å²) in [4.78, 5) is 43.5. The first-order chi connectivity index (χ1) is 16.8. The third-order valence-corrected chi connectivity index (χ3v) is 5.37. The van der Waals surface area contributed by atoms with E-state index in [2.05, 4.69) is 15.4 Å². The number of fused-ring (bicyclic) bond motifs is 1. The Kier molecular flexibility index (Phi) is 6.91. The van der Waals surface area contributed by atoms with Gasteiger partial charge in [0.05, 0.1) is 6.20 Å². The van der Waals surface area contributed by atoms with Gasteiger partial charge in [0.15, 0.2) is 12.3 Å². The average Bonchev–Trinajstić information content (AvgIpc) is 3.22. The van der Waals surface area contributed by atoms with Crippen molar-refractivity contribution in [3.05, 3.63) is 77.5 Å². The summed E-state index contributed by atoms with van der Waals surface area (Å²) in [6.07, 6.45) is 2.66. The third kappa shape index (κ3) is 5.37. The highest BCUT2D eigenvalue weighted by molar-refractivity contribution is 5.95. The summed E-state index contributed by atoms with van der Waals surface area (Å²) in [6.45, 7) is 2.96. The molecule has 0 fully saturated rings. The van der Waals surface area contributed by atoms with Crippen molar-refractivity contribution in [3.63, 3.8) is 0 Å². The summed E-state index contributed by atoms with van der Waals surface area (Å²) >= 11 is 0. The smallest absolute Gasteiger partial charge is 0.326 e. The Morgan fingerprint density at radius 3 is 2.43 bits per heavy atom. The molecular formula is C25H26N6O4. The van der Waals surface area contributed by atoms with E-state index in [1.54, 1.807) is 11.9 Å². The number of rotatable bonds is 8. The number of hydrogen-bond acceptors (Lipinski definition) is 7. The first-order valence-corrected chi connectivity index (χ1v) is 11.1. The molecule has 180 valence electrons. The lowest BCUT2D eigenvalue weighted by Gasteiger charge is -2.27. The molecule has 4 aromatic rings. The molecule has 0 unspecified atom stereocenters. The zero-order valence-corrected chi connectivity index (χ0v) is 19.7. The highest BCUT2D eigenvalue weighted by Gasteiger charge is 2.21. The summed E-state index contributed by atoms with van der Waals surface area (Å²) in [5.74, 6) is -1.08. The summed E-state index contributed by atoms with van der Waals surface area (Å²) in [5.41, 5.74) is 2.54. The number of carbonyl (C=O) groups is 2. The van der Waals surface area contributed by atoms with E-state index in [4.69, 9.17) is 4.74 Å². The summed E-state index contributed by atoms with van der Waals surface area (Å²) in [7, 11) is 1.67. The van der Waals surface area contributed by atoms with E-state index in [-0.39, 0.29) is 18.5 Å². The molecule has 2 heterocycles. The number of aryl methyl sites for hydroxylation is 1. The lowest BCUT2D eigenvalue weighted by molar-refractivity contribution is -0.148. The monoisotopic (exact) mass is 474 g/mol. The molecule has 0 spiro atoms. The van der Waals surface area contributed by atoms with Gasteiger partial charge in [-0.15, -0.1) is 0 Å². The van der Waals surface area contributed by atoms with Crippen molar-refractivity contribution >= 4 is 40.0 Å². The van der Waals surface area contributed by atoms with Crippen LogP contribution >= 0.6 is 0 Å². The number of esters is 1. The topological polar surface area (TPSA) is 111 Å². The molecule has 1 amide bonds. The van der Waals surface area contributed by atoms with Crippen LogP contribution in [0.5, 0.6) is 0 Å². The van der Waals surface area contributed by atoms with Gasteiger partial charge in [-0.2, -0.15) is 5.10 Å². The second-order valence-corrected chi connectivity index (χ2v) is 8.24. The van der Waals surface area contributed by atoms with Gasteiger partial charge in [-0.25, -0.2) is 4.98 Å². The maximum absolute atomic E-state index is 12.9. The maximum Gasteiger partial charge on any atom is 0.326 e. The largest absolute Gasteiger partial charge is 0.454 e. The molecule has 10 nitrogen and oxygen atoms in total. The van der Waals surface area contributed by atoms with E-state index >= 15 is 0 Å². The zero-order valence-electron chi connectivity index (χ0n) is 19.7. The average molecular weight is 475 g/mol. The van der Waals surface area contributed by atoms with Gasteiger partial charge in [0.1, 0.15) is 18.3 Å². The normalized spacial score (nSPS) is 11.0. The first kappa shape index (κ1) is 23.7. The molecule has 0 aliphatic heterocycles. The number of nitrogens with zero attached hydrogens (tertiary/aromatic N) is 5. The summed E-state index contributed by atoms with van der Waals surface area (Å²) in [5, 5.41) is 7.60. The van der Waals surface area contributed by atoms with Crippen LogP contribution in [0.15, 0.2) is 71.9 Å².